The van der Waals surface area contributed by atoms with Crippen LogP contribution in [0, 0.1) is 35.0 Å². The molecule has 0 saturated heterocycles. The Hall–Kier alpha value is 0. The van der Waals surface area contributed by atoms with E-state index in [1.807, 2.05) is 13.8 Å². The maximum absolute atomic E-state index is 2.70. The van der Waals surface area contributed by atoms with Crippen molar-refractivity contribution in [1.29, 1.82) is 0 Å². The van der Waals surface area contributed by atoms with Gasteiger partial charge in [0.25, 0.3) is 0 Å². The Balaban J connectivity index is 0.000000581. The van der Waals surface area contributed by atoms with Crippen molar-refractivity contribution in [1.82, 2.24) is 0 Å². The fourth-order valence-electron chi connectivity index (χ4n) is 6.91. The van der Waals surface area contributed by atoms with Gasteiger partial charge < -0.3 is 0 Å². The molecule has 0 bridgehead atoms. The van der Waals surface area contributed by atoms with E-state index < -0.39 is 0 Å². The molecule has 0 aromatic carbocycles. The molecule has 0 heteroatoms. The van der Waals surface area contributed by atoms with Crippen LogP contribution < -0.4 is 0 Å². The van der Waals surface area contributed by atoms with Crippen molar-refractivity contribution < 1.29 is 0 Å². The number of hydrogen-bond donors (Lipinski definition) is 0. The average molecular weight is 277 g/mol. The van der Waals surface area contributed by atoms with Gasteiger partial charge in [0.1, 0.15) is 0 Å². The first-order valence-corrected chi connectivity index (χ1v) is 9.79. The molecule has 6 atom stereocenters. The Labute approximate surface area is 127 Å². The van der Waals surface area contributed by atoms with Crippen LogP contribution in [0.4, 0.5) is 0 Å². The molecular formula is C20H36. The first kappa shape index (κ1) is 14.9. The summed E-state index contributed by atoms with van der Waals surface area (Å²) >= 11 is 0. The standard InChI is InChI=1S/C18H30.C2H6/c1-18-12-3-2-6-14(18)9-10-16-15-7-4-5-13(15)8-11-17(16)18;1-2/h13-17H,2-12H2,1H3;1-2H3. The first-order valence-electron chi connectivity index (χ1n) is 9.79. The van der Waals surface area contributed by atoms with E-state index in [4.69, 9.17) is 0 Å². The third-order valence-corrected chi connectivity index (χ3v) is 7.78. The van der Waals surface area contributed by atoms with E-state index in [0.29, 0.717) is 0 Å². The molecule has 0 radical (unpaired) electrons. The Morgan fingerprint density at radius 1 is 0.700 bits per heavy atom. The van der Waals surface area contributed by atoms with Gasteiger partial charge >= 0.3 is 0 Å². The summed E-state index contributed by atoms with van der Waals surface area (Å²) < 4.78 is 0. The molecule has 0 spiro atoms. The highest BCUT2D eigenvalue weighted by Crippen LogP contribution is 2.62. The summed E-state index contributed by atoms with van der Waals surface area (Å²) in [6.07, 6.45) is 17.3. The van der Waals surface area contributed by atoms with Crippen LogP contribution in [0.25, 0.3) is 0 Å². The molecule has 0 heterocycles. The van der Waals surface area contributed by atoms with E-state index in [1.165, 1.54) is 12.8 Å². The maximum Gasteiger partial charge on any atom is -0.0266 e. The van der Waals surface area contributed by atoms with E-state index in [0.717, 1.165) is 35.0 Å². The van der Waals surface area contributed by atoms with E-state index in [2.05, 4.69) is 6.92 Å². The molecule has 0 amide bonds. The highest BCUT2D eigenvalue weighted by Gasteiger charge is 2.53. The number of hydrogen-bond acceptors (Lipinski definition) is 0. The maximum atomic E-state index is 2.70. The topological polar surface area (TPSA) is 0 Å². The second kappa shape index (κ2) is 6.01. The monoisotopic (exact) mass is 276 g/mol. The minimum absolute atomic E-state index is 0.759. The highest BCUT2D eigenvalue weighted by molar-refractivity contribution is 5.03. The van der Waals surface area contributed by atoms with Crippen molar-refractivity contribution in [3.63, 3.8) is 0 Å². The second-order valence-corrected chi connectivity index (χ2v) is 8.23. The molecule has 4 fully saturated rings. The van der Waals surface area contributed by atoms with E-state index >= 15 is 0 Å². The quantitative estimate of drug-likeness (QED) is 0.477. The lowest BCUT2D eigenvalue weighted by Gasteiger charge is -2.58. The van der Waals surface area contributed by atoms with Crippen molar-refractivity contribution in [3.8, 4) is 0 Å². The van der Waals surface area contributed by atoms with Crippen LogP contribution in [-0.2, 0) is 0 Å². The molecule has 0 nitrogen and oxygen atoms in total. The van der Waals surface area contributed by atoms with E-state index in [9.17, 15) is 0 Å². The third kappa shape index (κ3) is 2.26. The van der Waals surface area contributed by atoms with Crippen LogP contribution in [-0.4, -0.2) is 0 Å². The lowest BCUT2D eigenvalue weighted by atomic mass is 9.47. The molecule has 116 valence electrons. The van der Waals surface area contributed by atoms with Gasteiger partial charge in [-0.05, 0) is 80.0 Å². The molecule has 0 aromatic heterocycles. The Kier molecular flexibility index (Phi) is 4.48. The number of fused-ring (bicyclic) bond motifs is 5. The first-order chi connectivity index (χ1) is 9.79. The summed E-state index contributed by atoms with van der Waals surface area (Å²) in [4.78, 5) is 0. The summed E-state index contributed by atoms with van der Waals surface area (Å²) in [6, 6.07) is 0. The van der Waals surface area contributed by atoms with Crippen molar-refractivity contribution in [2.75, 3.05) is 0 Å². The van der Waals surface area contributed by atoms with Crippen LogP contribution in [0.2, 0.25) is 0 Å². The molecule has 6 unspecified atom stereocenters. The summed E-state index contributed by atoms with van der Waals surface area (Å²) in [5.41, 5.74) is 0.759. The largest absolute Gasteiger partial charge is 0.0683 e. The van der Waals surface area contributed by atoms with Gasteiger partial charge in [-0.2, -0.15) is 0 Å². The normalized spacial score (nSPS) is 50.2. The lowest BCUT2D eigenvalue weighted by molar-refractivity contribution is -0.0834. The molecule has 4 aliphatic rings. The Morgan fingerprint density at radius 2 is 1.55 bits per heavy atom. The average Bonchev–Trinajstić information content (AvgIpc) is 2.97. The van der Waals surface area contributed by atoms with Gasteiger partial charge in [-0.3, -0.25) is 0 Å². The molecule has 0 N–H and O–H groups in total. The van der Waals surface area contributed by atoms with Crippen LogP contribution in [0.3, 0.4) is 0 Å². The minimum atomic E-state index is 0.759. The van der Waals surface area contributed by atoms with Gasteiger partial charge in [0, 0.05) is 0 Å². The molecule has 4 aliphatic carbocycles. The van der Waals surface area contributed by atoms with Crippen molar-refractivity contribution in [3.05, 3.63) is 0 Å². The minimum Gasteiger partial charge on any atom is -0.0683 e. The van der Waals surface area contributed by atoms with E-state index in [-0.39, 0.29) is 0 Å². The Bertz CT molecular complexity index is 320. The van der Waals surface area contributed by atoms with E-state index in [1.54, 1.807) is 57.8 Å². The number of rotatable bonds is 0. The van der Waals surface area contributed by atoms with Gasteiger partial charge in [0.05, 0.1) is 0 Å². The molecule has 4 saturated carbocycles. The van der Waals surface area contributed by atoms with Gasteiger partial charge in [0.2, 0.25) is 0 Å². The van der Waals surface area contributed by atoms with Gasteiger partial charge in [-0.1, -0.05) is 46.5 Å². The predicted octanol–water partition coefficient (Wildman–Crippen LogP) is 6.45. The summed E-state index contributed by atoms with van der Waals surface area (Å²) in [5.74, 6) is 5.67. The van der Waals surface area contributed by atoms with Crippen molar-refractivity contribution in [2.45, 2.75) is 91.4 Å². The van der Waals surface area contributed by atoms with Gasteiger partial charge in [-0.25, -0.2) is 0 Å². The fourth-order valence-corrected chi connectivity index (χ4v) is 6.91. The molecule has 20 heavy (non-hydrogen) atoms. The van der Waals surface area contributed by atoms with Crippen molar-refractivity contribution in [2.24, 2.45) is 35.0 Å². The molecule has 0 aliphatic heterocycles. The zero-order valence-electron chi connectivity index (χ0n) is 14.2. The third-order valence-electron chi connectivity index (χ3n) is 7.78. The van der Waals surface area contributed by atoms with Crippen molar-refractivity contribution >= 4 is 0 Å². The second-order valence-electron chi connectivity index (χ2n) is 8.23. The fraction of sp³-hybridized carbons (Fsp3) is 1.00. The van der Waals surface area contributed by atoms with Gasteiger partial charge in [0.15, 0.2) is 0 Å². The van der Waals surface area contributed by atoms with Gasteiger partial charge in [-0.15, -0.1) is 0 Å². The predicted molar refractivity (Wildman–Crippen MR) is 87.7 cm³/mol. The summed E-state index contributed by atoms with van der Waals surface area (Å²) in [7, 11) is 0. The van der Waals surface area contributed by atoms with Crippen LogP contribution in [0.15, 0.2) is 0 Å². The summed E-state index contributed by atoms with van der Waals surface area (Å²) in [6.45, 7) is 6.70. The zero-order chi connectivity index (χ0) is 14.2. The lowest BCUT2D eigenvalue weighted by Crippen LogP contribution is -2.49. The zero-order valence-corrected chi connectivity index (χ0v) is 14.2. The molecule has 4 rings (SSSR count). The SMILES string of the molecule is CC.CC12CCCCC1CCC1C3CCCC3CCC12. The summed E-state index contributed by atoms with van der Waals surface area (Å²) in [5, 5.41) is 0. The van der Waals surface area contributed by atoms with Crippen LogP contribution in [0.5, 0.6) is 0 Å². The highest BCUT2D eigenvalue weighted by atomic mass is 14.6. The smallest absolute Gasteiger partial charge is 0.0266 e. The van der Waals surface area contributed by atoms with Crippen LogP contribution >= 0.6 is 0 Å². The Morgan fingerprint density at radius 3 is 2.40 bits per heavy atom. The van der Waals surface area contributed by atoms with Crippen LogP contribution in [0.1, 0.15) is 91.4 Å². The molecule has 0 aromatic rings. The molecular weight excluding hydrogens is 240 g/mol.